The van der Waals surface area contributed by atoms with E-state index in [2.05, 4.69) is 13.8 Å². The predicted molar refractivity (Wildman–Crippen MR) is 90.0 cm³/mol. The topological polar surface area (TPSA) is 46.3 Å². The Morgan fingerprint density at radius 1 is 1.19 bits per heavy atom. The minimum absolute atomic E-state index is 0.0246. The molecule has 1 aromatic carbocycles. The molecular weight excluding hydrogens is 307 g/mol. The molecule has 21 heavy (non-hydrogen) atoms. The summed E-state index contributed by atoms with van der Waals surface area (Å²) in [7, 11) is 0. The van der Waals surface area contributed by atoms with Gasteiger partial charge >= 0.3 is 0 Å². The molecule has 5 heteroatoms. The van der Waals surface area contributed by atoms with Gasteiger partial charge in [-0.1, -0.05) is 43.1 Å². The molecule has 0 fully saturated rings. The molecular formula is C16H24Cl2N2O. The molecule has 0 spiro atoms. The zero-order chi connectivity index (χ0) is 15.8. The molecule has 0 heterocycles. The summed E-state index contributed by atoms with van der Waals surface area (Å²) < 4.78 is 0. The summed E-state index contributed by atoms with van der Waals surface area (Å²) in [5, 5.41) is 1.01. The lowest BCUT2D eigenvalue weighted by Crippen LogP contribution is -2.34. The van der Waals surface area contributed by atoms with Gasteiger partial charge in [-0.2, -0.15) is 0 Å². The maximum Gasteiger partial charge on any atom is 0.223 e. The van der Waals surface area contributed by atoms with Gasteiger partial charge < -0.3 is 10.6 Å². The minimum Gasteiger partial charge on any atom is -0.343 e. The average molecular weight is 331 g/mol. The van der Waals surface area contributed by atoms with E-state index >= 15 is 0 Å². The lowest BCUT2D eigenvalue weighted by Gasteiger charge is -2.24. The number of hydrogen-bond donors (Lipinski definition) is 1. The zero-order valence-electron chi connectivity index (χ0n) is 12.7. The first-order valence-electron chi connectivity index (χ1n) is 7.46. The van der Waals surface area contributed by atoms with Crippen LogP contribution < -0.4 is 5.73 Å². The maximum atomic E-state index is 12.4. The average Bonchev–Trinajstić information content (AvgIpc) is 2.47. The SMILES string of the molecule is CCCN(CCC)C(=O)CC(CN)c1ccc(Cl)c(Cl)c1. The standard InChI is InChI=1S/C16H24Cl2N2O/c1-3-7-20(8-4-2)16(21)10-13(11-19)12-5-6-14(17)15(18)9-12/h5-6,9,13H,3-4,7-8,10-11,19H2,1-2H3. The largest absolute Gasteiger partial charge is 0.343 e. The molecule has 1 atom stereocenters. The molecule has 0 radical (unpaired) electrons. The highest BCUT2D eigenvalue weighted by Gasteiger charge is 2.19. The molecule has 0 aliphatic rings. The fourth-order valence-electron chi connectivity index (χ4n) is 2.34. The van der Waals surface area contributed by atoms with Crippen molar-refractivity contribution < 1.29 is 4.79 Å². The van der Waals surface area contributed by atoms with Crippen LogP contribution >= 0.6 is 23.2 Å². The van der Waals surface area contributed by atoms with Crippen LogP contribution in [0.2, 0.25) is 10.0 Å². The van der Waals surface area contributed by atoms with Crippen molar-refractivity contribution in [3.8, 4) is 0 Å². The number of carbonyl (C=O) groups is 1. The van der Waals surface area contributed by atoms with E-state index in [0.29, 0.717) is 23.0 Å². The van der Waals surface area contributed by atoms with Crippen LogP contribution in [0.25, 0.3) is 0 Å². The van der Waals surface area contributed by atoms with Gasteiger partial charge in [0.25, 0.3) is 0 Å². The predicted octanol–water partition coefficient (Wildman–Crippen LogP) is 4.07. The Balaban J connectivity index is 2.80. The highest BCUT2D eigenvalue weighted by molar-refractivity contribution is 6.42. The Kier molecular flexibility index (Phi) is 8.09. The molecule has 118 valence electrons. The van der Waals surface area contributed by atoms with Crippen molar-refractivity contribution >= 4 is 29.1 Å². The van der Waals surface area contributed by atoms with Crippen LogP contribution in [0.3, 0.4) is 0 Å². The highest BCUT2D eigenvalue weighted by Crippen LogP contribution is 2.28. The molecule has 3 nitrogen and oxygen atoms in total. The Bertz CT molecular complexity index is 460. The number of nitrogens with zero attached hydrogens (tertiary/aromatic N) is 1. The van der Waals surface area contributed by atoms with Crippen LogP contribution in [0, 0.1) is 0 Å². The molecule has 1 unspecified atom stereocenters. The van der Waals surface area contributed by atoms with E-state index in [-0.39, 0.29) is 11.8 Å². The summed E-state index contributed by atoms with van der Waals surface area (Å²) in [6, 6.07) is 5.45. The lowest BCUT2D eigenvalue weighted by atomic mass is 9.95. The van der Waals surface area contributed by atoms with E-state index in [1.807, 2.05) is 11.0 Å². The third-order valence-electron chi connectivity index (χ3n) is 3.46. The Hall–Kier alpha value is -0.770. The molecule has 0 saturated carbocycles. The quantitative estimate of drug-likeness (QED) is 0.780. The molecule has 1 rings (SSSR count). The van der Waals surface area contributed by atoms with Gasteiger partial charge in [0.15, 0.2) is 0 Å². The first kappa shape index (κ1) is 18.3. The second-order valence-electron chi connectivity index (χ2n) is 5.19. The van der Waals surface area contributed by atoms with Crippen LogP contribution in [0.1, 0.15) is 44.6 Å². The monoisotopic (exact) mass is 330 g/mol. The number of carbonyl (C=O) groups excluding carboxylic acids is 1. The van der Waals surface area contributed by atoms with Crippen LogP contribution in [-0.4, -0.2) is 30.4 Å². The molecule has 1 aromatic rings. The molecule has 0 aromatic heterocycles. The molecule has 2 N–H and O–H groups in total. The number of nitrogens with two attached hydrogens (primary N) is 1. The van der Waals surface area contributed by atoms with Crippen LogP contribution in [-0.2, 0) is 4.79 Å². The van der Waals surface area contributed by atoms with Gasteiger partial charge in [0, 0.05) is 25.4 Å². The summed E-state index contributed by atoms with van der Waals surface area (Å²) in [6.07, 6.45) is 2.34. The number of halogens is 2. The number of benzene rings is 1. The van der Waals surface area contributed by atoms with E-state index in [1.165, 1.54) is 0 Å². The van der Waals surface area contributed by atoms with Gasteiger partial charge in [0.1, 0.15) is 0 Å². The summed E-state index contributed by atoms with van der Waals surface area (Å²) in [4.78, 5) is 14.3. The summed E-state index contributed by atoms with van der Waals surface area (Å²) >= 11 is 12.0. The van der Waals surface area contributed by atoms with Crippen molar-refractivity contribution in [2.75, 3.05) is 19.6 Å². The first-order chi connectivity index (χ1) is 10.0. The normalized spacial score (nSPS) is 12.2. The Morgan fingerprint density at radius 3 is 2.29 bits per heavy atom. The molecule has 0 saturated heterocycles. The molecule has 0 aliphatic carbocycles. The van der Waals surface area contributed by atoms with Gasteiger partial charge in [-0.3, -0.25) is 4.79 Å². The summed E-state index contributed by atoms with van der Waals surface area (Å²) in [6.45, 7) is 6.16. The van der Waals surface area contributed by atoms with Gasteiger partial charge in [-0.15, -0.1) is 0 Å². The van der Waals surface area contributed by atoms with Gasteiger partial charge in [0.2, 0.25) is 5.91 Å². The third-order valence-corrected chi connectivity index (χ3v) is 4.20. The van der Waals surface area contributed by atoms with Crippen molar-refractivity contribution in [3.63, 3.8) is 0 Å². The van der Waals surface area contributed by atoms with Crippen molar-refractivity contribution in [2.45, 2.75) is 39.0 Å². The van der Waals surface area contributed by atoms with Crippen molar-refractivity contribution in [2.24, 2.45) is 5.73 Å². The first-order valence-corrected chi connectivity index (χ1v) is 8.21. The molecule has 0 bridgehead atoms. The second kappa shape index (κ2) is 9.29. The van der Waals surface area contributed by atoms with Crippen molar-refractivity contribution in [1.29, 1.82) is 0 Å². The maximum absolute atomic E-state index is 12.4. The van der Waals surface area contributed by atoms with Gasteiger partial charge in [-0.25, -0.2) is 0 Å². The number of rotatable bonds is 8. The van der Waals surface area contributed by atoms with E-state index in [0.717, 1.165) is 31.5 Å². The number of hydrogen-bond acceptors (Lipinski definition) is 2. The lowest BCUT2D eigenvalue weighted by molar-refractivity contribution is -0.131. The second-order valence-corrected chi connectivity index (χ2v) is 6.01. The molecule has 1 amide bonds. The smallest absolute Gasteiger partial charge is 0.223 e. The fraction of sp³-hybridized carbons (Fsp3) is 0.562. The molecule has 0 aliphatic heterocycles. The van der Waals surface area contributed by atoms with Crippen LogP contribution in [0.15, 0.2) is 18.2 Å². The third kappa shape index (κ3) is 5.50. The van der Waals surface area contributed by atoms with E-state index < -0.39 is 0 Å². The van der Waals surface area contributed by atoms with Gasteiger partial charge in [0.05, 0.1) is 10.0 Å². The zero-order valence-corrected chi connectivity index (χ0v) is 14.3. The Labute approximate surface area is 137 Å². The highest BCUT2D eigenvalue weighted by atomic mass is 35.5. The van der Waals surface area contributed by atoms with Crippen molar-refractivity contribution in [1.82, 2.24) is 4.90 Å². The van der Waals surface area contributed by atoms with Crippen molar-refractivity contribution in [3.05, 3.63) is 33.8 Å². The fourth-order valence-corrected chi connectivity index (χ4v) is 2.65. The van der Waals surface area contributed by atoms with E-state index in [9.17, 15) is 4.79 Å². The van der Waals surface area contributed by atoms with E-state index in [4.69, 9.17) is 28.9 Å². The minimum atomic E-state index is -0.0246. The van der Waals surface area contributed by atoms with Crippen LogP contribution in [0.5, 0.6) is 0 Å². The van der Waals surface area contributed by atoms with E-state index in [1.54, 1.807) is 12.1 Å². The summed E-state index contributed by atoms with van der Waals surface area (Å²) in [5.41, 5.74) is 6.81. The summed E-state index contributed by atoms with van der Waals surface area (Å²) in [5.74, 6) is 0.128. The number of amides is 1. The van der Waals surface area contributed by atoms with Gasteiger partial charge in [-0.05, 0) is 37.1 Å². The van der Waals surface area contributed by atoms with Crippen LogP contribution in [0.4, 0.5) is 0 Å². The Morgan fingerprint density at radius 2 is 1.81 bits per heavy atom.